The molecule has 35 heavy (non-hydrogen) atoms. The lowest BCUT2D eigenvalue weighted by Crippen LogP contribution is -2.28. The fourth-order valence-electron chi connectivity index (χ4n) is 3.61. The molecule has 0 saturated heterocycles. The van der Waals surface area contributed by atoms with Gasteiger partial charge in [-0.05, 0) is 30.7 Å². The molecule has 1 aliphatic rings. The highest BCUT2D eigenvalue weighted by Gasteiger charge is 2.36. The van der Waals surface area contributed by atoms with Crippen molar-refractivity contribution in [1.29, 1.82) is 0 Å². The lowest BCUT2D eigenvalue weighted by atomic mass is 9.87. The molecule has 1 aromatic carbocycles. The Labute approximate surface area is 201 Å². The molecule has 0 aliphatic heterocycles. The predicted molar refractivity (Wildman–Crippen MR) is 125 cm³/mol. The quantitative estimate of drug-likeness (QED) is 0.334. The summed E-state index contributed by atoms with van der Waals surface area (Å²) in [6.45, 7) is 2.69. The van der Waals surface area contributed by atoms with Crippen LogP contribution in [0.25, 0.3) is 5.57 Å². The van der Waals surface area contributed by atoms with Crippen LogP contribution >= 0.6 is 0 Å². The second-order valence-electron chi connectivity index (χ2n) is 7.45. The van der Waals surface area contributed by atoms with Gasteiger partial charge in [0.05, 0.1) is 32.6 Å². The average molecular weight is 480 g/mol. The zero-order chi connectivity index (χ0) is 25.9. The highest BCUT2D eigenvalue weighted by molar-refractivity contribution is 6.38. The maximum absolute atomic E-state index is 13.5. The van der Waals surface area contributed by atoms with Crippen molar-refractivity contribution < 1.29 is 38.1 Å². The Kier molecular flexibility index (Phi) is 7.34. The molecular formula is C25H24N2O8. The Bertz CT molecular complexity index is 1290. The van der Waals surface area contributed by atoms with Crippen LogP contribution in [-0.2, 0) is 23.9 Å². The van der Waals surface area contributed by atoms with Crippen molar-refractivity contribution in [2.45, 2.75) is 13.8 Å². The Morgan fingerprint density at radius 1 is 0.914 bits per heavy atom. The first-order valence-electron chi connectivity index (χ1n) is 10.4. The molecule has 0 spiro atoms. The van der Waals surface area contributed by atoms with E-state index in [9.17, 15) is 19.2 Å². The Hall–Kier alpha value is -4.47. The second kappa shape index (κ2) is 10.2. The number of ether oxygens (including phenoxy) is 4. The summed E-state index contributed by atoms with van der Waals surface area (Å²) in [5.41, 5.74) is 0.903. The van der Waals surface area contributed by atoms with Crippen molar-refractivity contribution in [1.82, 2.24) is 4.98 Å². The number of nitrogens with zero attached hydrogens (tertiary/aromatic N) is 2. The van der Waals surface area contributed by atoms with Crippen molar-refractivity contribution in [2.75, 3.05) is 33.3 Å². The van der Waals surface area contributed by atoms with Crippen LogP contribution in [-0.4, -0.2) is 56.8 Å². The Morgan fingerprint density at radius 3 is 2.17 bits per heavy atom. The van der Waals surface area contributed by atoms with Crippen LogP contribution in [0.2, 0.25) is 0 Å². The van der Waals surface area contributed by atoms with E-state index in [4.69, 9.17) is 18.9 Å². The number of methoxy groups -OCH3 is 3. The molecule has 1 aromatic heterocycles. The zero-order valence-electron chi connectivity index (χ0n) is 20.1. The molecule has 182 valence electrons. The number of pyridine rings is 1. The van der Waals surface area contributed by atoms with Gasteiger partial charge in [0.1, 0.15) is 5.75 Å². The van der Waals surface area contributed by atoms with Crippen LogP contribution in [0, 0.1) is 0 Å². The van der Waals surface area contributed by atoms with Crippen LogP contribution in [0.4, 0.5) is 5.69 Å². The summed E-state index contributed by atoms with van der Waals surface area (Å²) in [5.74, 6) is -2.40. The third-order valence-corrected chi connectivity index (χ3v) is 5.34. The van der Waals surface area contributed by atoms with Crippen LogP contribution < -0.4 is 14.4 Å². The monoisotopic (exact) mass is 480 g/mol. The summed E-state index contributed by atoms with van der Waals surface area (Å²) >= 11 is 0. The van der Waals surface area contributed by atoms with Gasteiger partial charge in [-0.25, -0.2) is 4.98 Å². The van der Waals surface area contributed by atoms with Crippen molar-refractivity contribution in [3.8, 4) is 11.6 Å². The fourth-order valence-corrected chi connectivity index (χ4v) is 3.61. The summed E-state index contributed by atoms with van der Waals surface area (Å²) in [6.07, 6.45) is 1.48. The van der Waals surface area contributed by atoms with E-state index in [1.54, 1.807) is 12.1 Å². The molecule has 0 bridgehead atoms. The number of amides is 1. The van der Waals surface area contributed by atoms with E-state index in [0.717, 1.165) is 0 Å². The number of carbonyl (C=O) groups is 4. The van der Waals surface area contributed by atoms with Gasteiger partial charge in [0.25, 0.3) is 5.91 Å². The minimum Gasteiger partial charge on any atom is -0.489 e. The van der Waals surface area contributed by atoms with Crippen LogP contribution in [0.5, 0.6) is 11.6 Å². The van der Waals surface area contributed by atoms with Gasteiger partial charge in [-0.1, -0.05) is 6.07 Å². The van der Waals surface area contributed by atoms with E-state index in [1.165, 1.54) is 71.5 Å². The van der Waals surface area contributed by atoms with Gasteiger partial charge in [-0.3, -0.25) is 19.2 Å². The number of anilines is 1. The van der Waals surface area contributed by atoms with Crippen molar-refractivity contribution >= 4 is 34.7 Å². The summed E-state index contributed by atoms with van der Waals surface area (Å²) < 4.78 is 20.6. The van der Waals surface area contributed by atoms with Crippen molar-refractivity contribution in [3.63, 3.8) is 0 Å². The molecule has 1 aliphatic carbocycles. The SMILES string of the molecule is COC1=C(OC)C(=O)C(c2ccc(OC(C)=O)c(C(=O)N(C)c3ccnc(OC)c3)c2)=C(C)C1=O. The maximum Gasteiger partial charge on any atom is 0.308 e. The van der Waals surface area contributed by atoms with E-state index in [2.05, 4.69) is 4.98 Å². The first kappa shape index (κ1) is 25.2. The standard InChI is InChI=1S/C25H24N2O8/c1-13-20(22(30)24(34-6)23(33-5)21(13)29)15-7-8-18(35-14(2)28)17(11-15)25(31)27(3)16-9-10-26-19(12-16)32-4/h7-12H,1-6H3. The van der Waals surface area contributed by atoms with Crippen molar-refractivity contribution in [2.24, 2.45) is 0 Å². The number of aromatic nitrogens is 1. The topological polar surface area (TPSA) is 121 Å². The number of esters is 1. The second-order valence-corrected chi connectivity index (χ2v) is 7.45. The maximum atomic E-state index is 13.5. The smallest absolute Gasteiger partial charge is 0.308 e. The number of carbonyl (C=O) groups excluding carboxylic acids is 4. The number of benzene rings is 1. The number of ketones is 2. The predicted octanol–water partition coefficient (Wildman–Crippen LogP) is 2.72. The molecule has 3 rings (SSSR count). The van der Waals surface area contributed by atoms with Gasteiger partial charge in [-0.15, -0.1) is 0 Å². The molecule has 10 heteroatoms. The number of hydrogen-bond donors (Lipinski definition) is 0. The highest BCUT2D eigenvalue weighted by Crippen LogP contribution is 2.34. The third kappa shape index (κ3) is 4.77. The van der Waals surface area contributed by atoms with Gasteiger partial charge in [-0.2, -0.15) is 0 Å². The van der Waals surface area contributed by atoms with Gasteiger partial charge in [0.2, 0.25) is 29.0 Å². The Morgan fingerprint density at radius 2 is 1.57 bits per heavy atom. The lowest BCUT2D eigenvalue weighted by Gasteiger charge is -2.22. The van der Waals surface area contributed by atoms with Gasteiger partial charge >= 0.3 is 5.97 Å². The molecule has 0 N–H and O–H groups in total. The van der Waals surface area contributed by atoms with E-state index < -0.39 is 23.4 Å². The van der Waals surface area contributed by atoms with Crippen LogP contribution in [0.3, 0.4) is 0 Å². The van der Waals surface area contributed by atoms with E-state index in [1.807, 2.05) is 0 Å². The first-order chi connectivity index (χ1) is 16.6. The highest BCUT2D eigenvalue weighted by atomic mass is 16.5. The molecule has 0 saturated carbocycles. The molecular weight excluding hydrogens is 456 g/mol. The normalized spacial score (nSPS) is 13.5. The molecule has 0 unspecified atom stereocenters. The van der Waals surface area contributed by atoms with E-state index >= 15 is 0 Å². The first-order valence-corrected chi connectivity index (χ1v) is 10.4. The Balaban J connectivity index is 2.14. The molecule has 1 heterocycles. The van der Waals surface area contributed by atoms with Gasteiger partial charge in [0.15, 0.2) is 0 Å². The minimum absolute atomic E-state index is 0.00277. The fraction of sp³-hybridized carbons (Fsp3) is 0.240. The molecule has 1 amide bonds. The number of Topliss-reactive ketones (excluding diaryl/α,β-unsaturated/α-hetero) is 2. The number of rotatable bonds is 7. The molecule has 0 fully saturated rings. The summed E-state index contributed by atoms with van der Waals surface area (Å²) in [7, 11) is 5.51. The molecule has 0 radical (unpaired) electrons. The number of hydrogen-bond acceptors (Lipinski definition) is 9. The van der Waals surface area contributed by atoms with Gasteiger partial charge in [0, 0.05) is 37.4 Å². The van der Waals surface area contributed by atoms with Crippen LogP contribution in [0.15, 0.2) is 53.6 Å². The minimum atomic E-state index is -0.631. The zero-order valence-corrected chi connectivity index (χ0v) is 20.1. The largest absolute Gasteiger partial charge is 0.489 e. The molecule has 10 nitrogen and oxygen atoms in total. The van der Waals surface area contributed by atoms with Crippen molar-refractivity contribution in [3.05, 3.63) is 64.7 Å². The summed E-state index contributed by atoms with van der Waals surface area (Å²) in [6, 6.07) is 7.44. The van der Waals surface area contributed by atoms with E-state index in [0.29, 0.717) is 11.6 Å². The average Bonchev–Trinajstić information content (AvgIpc) is 2.85. The lowest BCUT2D eigenvalue weighted by molar-refractivity contribution is -0.131. The summed E-state index contributed by atoms with van der Waals surface area (Å²) in [4.78, 5) is 56.5. The molecule has 0 atom stereocenters. The molecule has 2 aromatic rings. The summed E-state index contributed by atoms with van der Waals surface area (Å²) in [5, 5.41) is 0. The van der Waals surface area contributed by atoms with Crippen LogP contribution in [0.1, 0.15) is 29.8 Å². The third-order valence-electron chi connectivity index (χ3n) is 5.34. The van der Waals surface area contributed by atoms with E-state index in [-0.39, 0.29) is 39.5 Å². The van der Waals surface area contributed by atoms with Gasteiger partial charge < -0.3 is 23.8 Å². The number of allylic oxidation sites excluding steroid dienone is 2.